The van der Waals surface area contributed by atoms with Crippen LogP contribution in [0.2, 0.25) is 0 Å². The van der Waals surface area contributed by atoms with Gasteiger partial charge in [0.2, 0.25) is 0 Å². The fourth-order valence-corrected chi connectivity index (χ4v) is 2.96. The molecule has 0 aromatic rings. The lowest BCUT2D eigenvalue weighted by Crippen LogP contribution is -2.43. The van der Waals surface area contributed by atoms with Gasteiger partial charge in [0.05, 0.1) is 6.07 Å². The predicted octanol–water partition coefficient (Wildman–Crippen LogP) is 0.219. The molecule has 80 valence electrons. The highest BCUT2D eigenvalue weighted by Gasteiger charge is 2.33. The van der Waals surface area contributed by atoms with Gasteiger partial charge in [0, 0.05) is 13.1 Å². The van der Waals surface area contributed by atoms with Gasteiger partial charge in [0.15, 0.2) is 0 Å². The first kappa shape index (κ1) is 11.4. The molecule has 1 saturated heterocycles. The van der Waals surface area contributed by atoms with Crippen LogP contribution in [0.1, 0.15) is 26.2 Å². The van der Waals surface area contributed by atoms with Crippen LogP contribution in [0.25, 0.3) is 0 Å². The third kappa shape index (κ3) is 2.44. The molecule has 1 heterocycles. The van der Waals surface area contributed by atoms with Gasteiger partial charge >= 0.3 is 0 Å². The number of nitrogens with zero attached hydrogens (tertiary/aromatic N) is 2. The first-order chi connectivity index (χ1) is 6.61. The Morgan fingerprint density at radius 3 is 2.93 bits per heavy atom. The van der Waals surface area contributed by atoms with Gasteiger partial charge in [-0.15, -0.1) is 0 Å². The van der Waals surface area contributed by atoms with E-state index in [0.29, 0.717) is 19.5 Å². The molecule has 1 aliphatic rings. The van der Waals surface area contributed by atoms with Gasteiger partial charge in [-0.2, -0.15) is 18.0 Å². The van der Waals surface area contributed by atoms with Gasteiger partial charge in [0.25, 0.3) is 10.2 Å². The van der Waals surface area contributed by atoms with Crippen molar-refractivity contribution < 1.29 is 8.42 Å². The quantitative estimate of drug-likeness (QED) is 0.732. The molecule has 0 aromatic carbocycles. The summed E-state index contributed by atoms with van der Waals surface area (Å²) in [6, 6.07) is 1.52. The van der Waals surface area contributed by atoms with E-state index in [0.717, 1.165) is 12.8 Å². The maximum atomic E-state index is 11.6. The maximum Gasteiger partial charge on any atom is 0.280 e. The van der Waals surface area contributed by atoms with Crippen molar-refractivity contribution in [2.45, 2.75) is 32.2 Å². The van der Waals surface area contributed by atoms with Gasteiger partial charge in [0.1, 0.15) is 6.04 Å². The zero-order valence-electron chi connectivity index (χ0n) is 8.23. The molecule has 0 saturated carbocycles. The van der Waals surface area contributed by atoms with Crippen LogP contribution in [-0.4, -0.2) is 31.9 Å². The van der Waals surface area contributed by atoms with Gasteiger partial charge in [-0.05, 0) is 19.3 Å². The molecule has 1 unspecified atom stereocenters. The molecule has 0 aromatic heterocycles. The molecule has 1 N–H and O–H groups in total. The van der Waals surface area contributed by atoms with E-state index in [1.807, 2.05) is 13.0 Å². The number of hydrogen-bond acceptors (Lipinski definition) is 3. The Bertz CT molecular complexity index is 320. The van der Waals surface area contributed by atoms with Crippen molar-refractivity contribution in [1.82, 2.24) is 9.03 Å². The van der Waals surface area contributed by atoms with Gasteiger partial charge < -0.3 is 0 Å². The number of hydrogen-bond donors (Lipinski definition) is 1. The summed E-state index contributed by atoms with van der Waals surface area (Å²) in [5.74, 6) is 0. The Labute approximate surface area is 84.9 Å². The Kier molecular flexibility index (Phi) is 3.86. The van der Waals surface area contributed by atoms with E-state index in [-0.39, 0.29) is 0 Å². The van der Waals surface area contributed by atoms with E-state index in [1.54, 1.807) is 0 Å². The van der Waals surface area contributed by atoms with Crippen molar-refractivity contribution in [2.24, 2.45) is 0 Å². The normalized spacial score (nSPS) is 23.6. The second-order valence-corrected chi connectivity index (χ2v) is 5.01. The Balaban J connectivity index is 2.68. The molecule has 6 heteroatoms. The summed E-state index contributed by atoms with van der Waals surface area (Å²) in [7, 11) is -3.42. The van der Waals surface area contributed by atoms with Crippen LogP contribution in [0, 0.1) is 11.3 Å². The monoisotopic (exact) mass is 217 g/mol. The van der Waals surface area contributed by atoms with E-state index in [4.69, 9.17) is 5.26 Å². The lowest BCUT2D eigenvalue weighted by Gasteiger charge is -2.19. The fraction of sp³-hybridized carbons (Fsp3) is 0.875. The smallest absolute Gasteiger partial charge is 0.202 e. The van der Waals surface area contributed by atoms with Crippen molar-refractivity contribution in [1.29, 1.82) is 5.26 Å². The van der Waals surface area contributed by atoms with Crippen LogP contribution in [0.5, 0.6) is 0 Å². The Morgan fingerprint density at radius 2 is 2.36 bits per heavy atom. The highest BCUT2D eigenvalue weighted by molar-refractivity contribution is 7.87. The minimum Gasteiger partial charge on any atom is -0.202 e. The molecular formula is C8H15N3O2S. The van der Waals surface area contributed by atoms with E-state index >= 15 is 0 Å². The molecule has 1 atom stereocenters. The molecule has 0 spiro atoms. The summed E-state index contributed by atoms with van der Waals surface area (Å²) in [4.78, 5) is 0. The number of nitriles is 1. The summed E-state index contributed by atoms with van der Waals surface area (Å²) >= 11 is 0. The summed E-state index contributed by atoms with van der Waals surface area (Å²) in [6.45, 7) is 2.78. The van der Waals surface area contributed by atoms with Crippen LogP contribution in [0.15, 0.2) is 0 Å². The van der Waals surface area contributed by atoms with E-state index in [9.17, 15) is 8.42 Å². The Morgan fingerprint density at radius 1 is 1.64 bits per heavy atom. The largest absolute Gasteiger partial charge is 0.280 e. The molecule has 5 nitrogen and oxygen atoms in total. The molecule has 0 amide bonds. The average Bonchev–Trinajstić information content (AvgIpc) is 2.63. The van der Waals surface area contributed by atoms with Crippen LogP contribution < -0.4 is 4.72 Å². The molecule has 1 rings (SSSR count). The van der Waals surface area contributed by atoms with E-state index in [2.05, 4.69) is 4.72 Å². The first-order valence-corrected chi connectivity index (χ1v) is 6.22. The lowest BCUT2D eigenvalue weighted by atomic mass is 10.2. The SMILES string of the molecule is CCCNS(=O)(=O)N1CCCC1C#N. The first-order valence-electron chi connectivity index (χ1n) is 4.78. The van der Waals surface area contributed by atoms with Crippen LogP contribution in [-0.2, 0) is 10.2 Å². The lowest BCUT2D eigenvalue weighted by molar-refractivity contribution is 0.427. The second-order valence-electron chi connectivity index (χ2n) is 3.30. The molecular weight excluding hydrogens is 202 g/mol. The van der Waals surface area contributed by atoms with Gasteiger partial charge in [-0.3, -0.25) is 0 Å². The summed E-state index contributed by atoms with van der Waals surface area (Å²) in [6.07, 6.45) is 2.17. The third-order valence-corrected chi connectivity index (χ3v) is 3.82. The topological polar surface area (TPSA) is 73.2 Å². The van der Waals surface area contributed by atoms with Crippen LogP contribution >= 0.6 is 0 Å². The minimum absolute atomic E-state index is 0.428. The third-order valence-electron chi connectivity index (χ3n) is 2.20. The highest BCUT2D eigenvalue weighted by Crippen LogP contribution is 2.19. The minimum atomic E-state index is -3.42. The second kappa shape index (κ2) is 4.73. The zero-order chi connectivity index (χ0) is 10.6. The molecule has 0 aliphatic carbocycles. The predicted molar refractivity (Wildman–Crippen MR) is 52.6 cm³/mol. The summed E-state index contributed by atoms with van der Waals surface area (Å²) in [5, 5.41) is 8.74. The van der Waals surface area contributed by atoms with Crippen LogP contribution in [0.4, 0.5) is 0 Å². The van der Waals surface area contributed by atoms with Crippen LogP contribution in [0.3, 0.4) is 0 Å². The standard InChI is InChI=1S/C8H15N3O2S/c1-2-5-10-14(12,13)11-6-3-4-8(11)7-9/h8,10H,2-6H2,1H3. The Hall–Kier alpha value is -0.640. The zero-order valence-corrected chi connectivity index (χ0v) is 9.05. The molecule has 1 aliphatic heterocycles. The molecule has 1 fully saturated rings. The highest BCUT2D eigenvalue weighted by atomic mass is 32.2. The molecule has 14 heavy (non-hydrogen) atoms. The van der Waals surface area contributed by atoms with Gasteiger partial charge in [-0.1, -0.05) is 6.92 Å². The molecule has 0 bridgehead atoms. The average molecular weight is 217 g/mol. The number of rotatable bonds is 4. The van der Waals surface area contributed by atoms with Crippen molar-refractivity contribution >= 4 is 10.2 Å². The summed E-state index contributed by atoms with van der Waals surface area (Å²) < 4.78 is 27.0. The number of nitrogens with one attached hydrogen (secondary N) is 1. The van der Waals surface area contributed by atoms with Crippen molar-refractivity contribution in [3.8, 4) is 6.07 Å². The summed E-state index contributed by atoms with van der Waals surface area (Å²) in [5.41, 5.74) is 0. The fourth-order valence-electron chi connectivity index (χ4n) is 1.47. The maximum absolute atomic E-state index is 11.6. The molecule has 0 radical (unpaired) electrons. The van der Waals surface area contributed by atoms with Crippen molar-refractivity contribution in [3.63, 3.8) is 0 Å². The van der Waals surface area contributed by atoms with E-state index in [1.165, 1.54) is 4.31 Å². The van der Waals surface area contributed by atoms with E-state index < -0.39 is 16.3 Å². The van der Waals surface area contributed by atoms with Crippen molar-refractivity contribution in [3.05, 3.63) is 0 Å². The van der Waals surface area contributed by atoms with Gasteiger partial charge in [-0.25, -0.2) is 4.72 Å². The van der Waals surface area contributed by atoms with Crippen molar-refractivity contribution in [2.75, 3.05) is 13.1 Å².